The molecule has 33 heavy (non-hydrogen) atoms. The summed E-state index contributed by atoms with van der Waals surface area (Å²) in [6.07, 6.45) is 3.82. The van der Waals surface area contributed by atoms with Gasteiger partial charge in [-0.05, 0) is 61.8 Å². The van der Waals surface area contributed by atoms with Crippen molar-refractivity contribution in [1.29, 1.82) is 0 Å². The van der Waals surface area contributed by atoms with Crippen LogP contribution in [0.5, 0.6) is 5.75 Å². The van der Waals surface area contributed by atoms with Crippen molar-refractivity contribution >= 4 is 28.8 Å². The fourth-order valence-corrected chi connectivity index (χ4v) is 4.05. The van der Waals surface area contributed by atoms with Crippen LogP contribution in [0.4, 0.5) is 0 Å². The van der Waals surface area contributed by atoms with E-state index in [4.69, 9.17) is 9.15 Å². The molecule has 1 aromatic heterocycles. The van der Waals surface area contributed by atoms with E-state index in [9.17, 15) is 24.3 Å². The molecule has 0 spiro atoms. The second-order valence-corrected chi connectivity index (χ2v) is 8.51. The van der Waals surface area contributed by atoms with Gasteiger partial charge in [-0.3, -0.25) is 9.59 Å². The van der Waals surface area contributed by atoms with Crippen LogP contribution < -0.4 is 26.1 Å². The SMILES string of the molecule is CC[C@H](C)[C@H](NC(=O)CNC(=O)COc1cc(C)cc2oc(=O)c3c(c12)CCCC3)C(=O)[O-]. The van der Waals surface area contributed by atoms with Crippen molar-refractivity contribution < 1.29 is 28.6 Å². The summed E-state index contributed by atoms with van der Waals surface area (Å²) in [5, 5.41) is 16.7. The van der Waals surface area contributed by atoms with Crippen molar-refractivity contribution in [1.82, 2.24) is 10.6 Å². The van der Waals surface area contributed by atoms with Gasteiger partial charge in [-0.25, -0.2) is 4.79 Å². The summed E-state index contributed by atoms with van der Waals surface area (Å²) in [6, 6.07) is 2.43. The highest BCUT2D eigenvalue weighted by Crippen LogP contribution is 2.34. The molecule has 0 saturated heterocycles. The minimum atomic E-state index is -1.37. The molecule has 2 aromatic rings. The number of carbonyl (C=O) groups excluding carboxylic acids is 3. The number of hydrogen-bond donors (Lipinski definition) is 2. The summed E-state index contributed by atoms with van der Waals surface area (Å²) in [7, 11) is 0. The van der Waals surface area contributed by atoms with Gasteiger partial charge in [0.25, 0.3) is 5.91 Å². The van der Waals surface area contributed by atoms with E-state index in [2.05, 4.69) is 10.6 Å². The van der Waals surface area contributed by atoms with Gasteiger partial charge in [0.05, 0.1) is 23.9 Å². The second-order valence-electron chi connectivity index (χ2n) is 8.51. The Balaban J connectivity index is 1.67. The molecule has 1 aliphatic rings. The smallest absolute Gasteiger partial charge is 0.339 e. The highest BCUT2D eigenvalue weighted by molar-refractivity contribution is 5.90. The first-order valence-corrected chi connectivity index (χ1v) is 11.2. The van der Waals surface area contributed by atoms with E-state index in [-0.39, 0.29) is 24.7 Å². The van der Waals surface area contributed by atoms with E-state index in [0.29, 0.717) is 35.1 Å². The van der Waals surface area contributed by atoms with Gasteiger partial charge in [-0.1, -0.05) is 20.3 Å². The van der Waals surface area contributed by atoms with Crippen LogP contribution in [0.25, 0.3) is 11.0 Å². The van der Waals surface area contributed by atoms with Gasteiger partial charge in [-0.2, -0.15) is 0 Å². The van der Waals surface area contributed by atoms with Crippen molar-refractivity contribution in [2.75, 3.05) is 13.2 Å². The largest absolute Gasteiger partial charge is 0.548 e. The molecular weight excluding hydrogens is 428 g/mol. The minimum absolute atomic E-state index is 0.307. The maximum absolute atomic E-state index is 12.3. The molecule has 0 fully saturated rings. The quantitative estimate of drug-likeness (QED) is 0.530. The van der Waals surface area contributed by atoms with Crippen molar-refractivity contribution in [3.8, 4) is 5.75 Å². The third-order valence-electron chi connectivity index (χ3n) is 6.02. The van der Waals surface area contributed by atoms with Gasteiger partial charge < -0.3 is 29.7 Å². The van der Waals surface area contributed by atoms with E-state index in [1.54, 1.807) is 19.1 Å². The number of rotatable bonds is 9. The predicted molar refractivity (Wildman–Crippen MR) is 119 cm³/mol. The molecule has 1 aliphatic carbocycles. The summed E-state index contributed by atoms with van der Waals surface area (Å²) in [4.78, 5) is 47.9. The fourth-order valence-electron chi connectivity index (χ4n) is 4.05. The van der Waals surface area contributed by atoms with Crippen LogP contribution in [0.15, 0.2) is 21.3 Å². The normalized spacial score (nSPS) is 14.8. The zero-order chi connectivity index (χ0) is 24.1. The van der Waals surface area contributed by atoms with Crippen LogP contribution in [0.1, 0.15) is 49.8 Å². The number of carboxylic acid groups (broad SMARTS) is 1. The van der Waals surface area contributed by atoms with Gasteiger partial charge in [0, 0.05) is 5.56 Å². The number of nitrogens with one attached hydrogen (secondary N) is 2. The Morgan fingerprint density at radius 1 is 1.15 bits per heavy atom. The number of ether oxygens (including phenoxy) is 1. The highest BCUT2D eigenvalue weighted by Gasteiger charge is 2.22. The number of amides is 2. The molecule has 1 aromatic carbocycles. The third-order valence-corrected chi connectivity index (χ3v) is 6.02. The van der Waals surface area contributed by atoms with Crippen molar-refractivity contribution in [2.24, 2.45) is 5.92 Å². The van der Waals surface area contributed by atoms with E-state index in [1.807, 2.05) is 13.8 Å². The number of aliphatic carboxylic acids is 1. The van der Waals surface area contributed by atoms with Crippen LogP contribution >= 0.6 is 0 Å². The van der Waals surface area contributed by atoms with Crippen LogP contribution in [-0.4, -0.2) is 37.0 Å². The minimum Gasteiger partial charge on any atom is -0.548 e. The molecule has 1 heterocycles. The number of fused-ring (bicyclic) bond motifs is 3. The molecule has 2 atom stereocenters. The van der Waals surface area contributed by atoms with Gasteiger partial charge >= 0.3 is 5.63 Å². The average molecular weight is 458 g/mol. The molecule has 0 unspecified atom stereocenters. The molecular formula is C24H29N2O7-. The van der Waals surface area contributed by atoms with Crippen LogP contribution in [0.3, 0.4) is 0 Å². The van der Waals surface area contributed by atoms with Gasteiger partial charge in [0.2, 0.25) is 5.91 Å². The molecule has 2 amide bonds. The third kappa shape index (κ3) is 5.71. The number of carboxylic acids is 1. The molecule has 9 nitrogen and oxygen atoms in total. The topological polar surface area (TPSA) is 138 Å². The zero-order valence-electron chi connectivity index (χ0n) is 19.1. The second kappa shape index (κ2) is 10.5. The first kappa shape index (κ1) is 24.3. The van der Waals surface area contributed by atoms with E-state index >= 15 is 0 Å². The number of carbonyl (C=O) groups is 3. The van der Waals surface area contributed by atoms with Gasteiger partial charge in [0.1, 0.15) is 11.3 Å². The summed E-state index contributed by atoms with van der Waals surface area (Å²) in [5.74, 6) is -2.40. The first-order valence-electron chi connectivity index (χ1n) is 11.2. The Labute approximate surface area is 191 Å². The van der Waals surface area contributed by atoms with Crippen LogP contribution in [-0.2, 0) is 27.2 Å². The lowest BCUT2D eigenvalue weighted by Gasteiger charge is -2.25. The number of hydrogen-bond acceptors (Lipinski definition) is 7. The lowest BCUT2D eigenvalue weighted by Crippen LogP contribution is -2.53. The number of aryl methyl sites for hydroxylation is 2. The van der Waals surface area contributed by atoms with Crippen LogP contribution in [0.2, 0.25) is 0 Å². The molecule has 0 bridgehead atoms. The lowest BCUT2D eigenvalue weighted by atomic mass is 9.90. The molecule has 0 saturated carbocycles. The molecule has 0 aliphatic heterocycles. The Morgan fingerprint density at radius 3 is 2.52 bits per heavy atom. The molecule has 178 valence electrons. The Bertz CT molecular complexity index is 1120. The first-order chi connectivity index (χ1) is 15.7. The lowest BCUT2D eigenvalue weighted by molar-refractivity contribution is -0.309. The molecule has 0 radical (unpaired) electrons. The number of benzene rings is 1. The summed E-state index contributed by atoms with van der Waals surface area (Å²) in [5.41, 5.74) is 2.47. The van der Waals surface area contributed by atoms with Crippen molar-refractivity contribution in [2.45, 2.75) is 58.9 Å². The highest BCUT2D eigenvalue weighted by atomic mass is 16.5. The molecule has 2 N–H and O–H groups in total. The summed E-state index contributed by atoms with van der Waals surface area (Å²) >= 11 is 0. The zero-order valence-corrected chi connectivity index (χ0v) is 19.1. The molecule has 3 rings (SSSR count). The van der Waals surface area contributed by atoms with E-state index in [1.165, 1.54) is 0 Å². The summed E-state index contributed by atoms with van der Waals surface area (Å²) in [6.45, 7) is 4.60. The maximum atomic E-state index is 12.3. The van der Waals surface area contributed by atoms with Gasteiger partial charge in [0.15, 0.2) is 6.61 Å². The maximum Gasteiger partial charge on any atom is 0.339 e. The fraction of sp³-hybridized carbons (Fsp3) is 0.500. The van der Waals surface area contributed by atoms with Crippen LogP contribution in [0, 0.1) is 12.8 Å². The molecule has 9 heteroatoms. The monoisotopic (exact) mass is 457 g/mol. The Kier molecular flexibility index (Phi) is 7.73. The Morgan fingerprint density at radius 2 is 1.85 bits per heavy atom. The van der Waals surface area contributed by atoms with E-state index in [0.717, 1.165) is 30.4 Å². The van der Waals surface area contributed by atoms with Crippen molar-refractivity contribution in [3.63, 3.8) is 0 Å². The van der Waals surface area contributed by atoms with Crippen molar-refractivity contribution in [3.05, 3.63) is 39.2 Å². The standard InChI is InChI=1S/C24H30N2O7/c1-4-14(3)22(23(29)30)26-19(27)11-25-20(28)12-32-17-9-13(2)10-18-21(17)15-7-5-6-8-16(15)24(31)33-18/h9-10,14,22H,4-8,11-12H2,1-3H3,(H,25,28)(H,26,27)(H,29,30)/p-1/t14-,22-/m0/s1. The van der Waals surface area contributed by atoms with E-state index < -0.39 is 23.8 Å². The Hall–Kier alpha value is -3.36. The van der Waals surface area contributed by atoms with Gasteiger partial charge in [-0.15, -0.1) is 0 Å². The summed E-state index contributed by atoms with van der Waals surface area (Å²) < 4.78 is 11.3. The predicted octanol–water partition coefficient (Wildman–Crippen LogP) is 0.756. The average Bonchev–Trinajstić information content (AvgIpc) is 2.78.